The van der Waals surface area contributed by atoms with Crippen LogP contribution in [-0.2, 0) is 11.3 Å². The third-order valence-corrected chi connectivity index (χ3v) is 6.31. The van der Waals surface area contributed by atoms with Gasteiger partial charge in [0.2, 0.25) is 11.9 Å². The van der Waals surface area contributed by atoms with E-state index in [0.717, 1.165) is 41.7 Å². The number of carbonyl (C=O) groups is 1. The fourth-order valence-electron chi connectivity index (χ4n) is 4.20. The van der Waals surface area contributed by atoms with E-state index in [1.165, 1.54) is 0 Å². The lowest BCUT2D eigenvalue weighted by molar-refractivity contribution is -0.126. The first kappa shape index (κ1) is 23.2. The zero-order valence-corrected chi connectivity index (χ0v) is 19.3. The zero-order valence-electron chi connectivity index (χ0n) is 18.5. The number of amides is 1. The van der Waals surface area contributed by atoms with Gasteiger partial charge in [-0.05, 0) is 49.9 Å². The number of hydrogen-bond acceptors (Lipinski definition) is 5. The summed E-state index contributed by atoms with van der Waals surface area (Å²) in [6, 6.07) is 10.3. The van der Waals surface area contributed by atoms with Gasteiger partial charge in [0.1, 0.15) is 17.5 Å². The summed E-state index contributed by atoms with van der Waals surface area (Å²) in [5.41, 5.74) is 0.642. The predicted molar refractivity (Wildman–Crippen MR) is 126 cm³/mol. The molecule has 9 heteroatoms. The molecule has 0 spiro atoms. The van der Waals surface area contributed by atoms with Gasteiger partial charge in [-0.2, -0.15) is 4.98 Å². The van der Waals surface area contributed by atoms with Gasteiger partial charge in [-0.1, -0.05) is 23.7 Å². The number of halogens is 3. The van der Waals surface area contributed by atoms with Crippen molar-refractivity contribution >= 4 is 40.2 Å². The highest BCUT2D eigenvalue weighted by atomic mass is 35.5. The molecule has 0 unspecified atom stereocenters. The van der Waals surface area contributed by atoms with Crippen molar-refractivity contribution in [2.75, 3.05) is 24.3 Å². The van der Waals surface area contributed by atoms with Crippen molar-refractivity contribution < 1.29 is 13.6 Å². The average molecular weight is 474 g/mol. The minimum Gasteiger partial charge on any atom is -0.362 e. The maximum absolute atomic E-state index is 14.0. The summed E-state index contributed by atoms with van der Waals surface area (Å²) in [7, 11) is 3.90. The molecule has 0 radical (unpaired) electrons. The van der Waals surface area contributed by atoms with Gasteiger partial charge >= 0.3 is 0 Å². The standard InChI is InChI=1S/C24H26ClF2N5O/c1-32(2)22-16-5-3-4-6-20(16)30-24(31-22)29-15-9-7-14(8-10-15)23(33)28-13-17-19(26)12-11-18(25)21(17)27/h3-6,11-12,14-15H,7-10,13H2,1-2H3,(H,28,33)(H,29,30,31)/t14-,15+. The van der Waals surface area contributed by atoms with E-state index < -0.39 is 11.6 Å². The van der Waals surface area contributed by atoms with Crippen molar-refractivity contribution in [2.24, 2.45) is 5.92 Å². The second kappa shape index (κ2) is 9.87. The molecule has 174 valence electrons. The SMILES string of the molecule is CN(C)c1nc(N[C@H]2CC[C@@H](C(=O)NCc3c(F)ccc(Cl)c3F)CC2)nc2ccccc12. The molecule has 0 saturated heterocycles. The number of benzene rings is 2. The van der Waals surface area contributed by atoms with Crippen LogP contribution in [0.25, 0.3) is 10.9 Å². The monoisotopic (exact) mass is 473 g/mol. The van der Waals surface area contributed by atoms with Crippen molar-refractivity contribution in [3.63, 3.8) is 0 Å². The molecule has 1 aliphatic carbocycles. The smallest absolute Gasteiger partial charge is 0.225 e. The van der Waals surface area contributed by atoms with Gasteiger partial charge in [0, 0.05) is 43.5 Å². The number of anilines is 2. The molecule has 2 aromatic carbocycles. The van der Waals surface area contributed by atoms with Gasteiger partial charge < -0.3 is 15.5 Å². The maximum Gasteiger partial charge on any atom is 0.225 e. The van der Waals surface area contributed by atoms with Crippen LogP contribution in [0.4, 0.5) is 20.5 Å². The van der Waals surface area contributed by atoms with Crippen molar-refractivity contribution in [2.45, 2.75) is 38.3 Å². The van der Waals surface area contributed by atoms with Gasteiger partial charge in [0.15, 0.2) is 0 Å². The van der Waals surface area contributed by atoms with Crippen molar-refractivity contribution in [1.82, 2.24) is 15.3 Å². The topological polar surface area (TPSA) is 70.2 Å². The van der Waals surface area contributed by atoms with Crippen molar-refractivity contribution in [3.8, 4) is 0 Å². The normalized spacial score (nSPS) is 18.2. The van der Waals surface area contributed by atoms with Crippen LogP contribution < -0.4 is 15.5 Å². The van der Waals surface area contributed by atoms with E-state index in [1.807, 2.05) is 43.3 Å². The fraction of sp³-hybridized carbons (Fsp3) is 0.375. The molecule has 4 rings (SSSR count). The third-order valence-electron chi connectivity index (χ3n) is 6.02. The van der Waals surface area contributed by atoms with Gasteiger partial charge in [0.25, 0.3) is 0 Å². The Morgan fingerprint density at radius 1 is 1.09 bits per heavy atom. The lowest BCUT2D eigenvalue weighted by Gasteiger charge is -2.28. The maximum atomic E-state index is 14.0. The molecular weight excluding hydrogens is 448 g/mol. The van der Waals surface area contributed by atoms with E-state index >= 15 is 0 Å². The first-order valence-electron chi connectivity index (χ1n) is 10.9. The van der Waals surface area contributed by atoms with E-state index in [1.54, 1.807) is 0 Å². The molecule has 1 aromatic heterocycles. The predicted octanol–water partition coefficient (Wildman–Crippen LogP) is 4.91. The molecule has 0 aliphatic heterocycles. The molecule has 3 aromatic rings. The zero-order chi connectivity index (χ0) is 23.5. The van der Waals surface area contributed by atoms with Crippen LogP contribution in [0.15, 0.2) is 36.4 Å². The van der Waals surface area contributed by atoms with Crippen molar-refractivity contribution in [3.05, 3.63) is 58.6 Å². The van der Waals surface area contributed by atoms with E-state index in [0.29, 0.717) is 18.8 Å². The van der Waals surface area contributed by atoms with E-state index in [4.69, 9.17) is 11.6 Å². The summed E-state index contributed by atoms with van der Waals surface area (Å²) >= 11 is 5.72. The Kier molecular flexibility index (Phi) is 6.93. The van der Waals surface area contributed by atoms with E-state index in [9.17, 15) is 13.6 Å². The summed E-state index contributed by atoms with van der Waals surface area (Å²) in [6.45, 7) is -0.229. The Hall–Kier alpha value is -3.00. The largest absolute Gasteiger partial charge is 0.362 e. The molecule has 1 aliphatic rings. The van der Waals surface area contributed by atoms with E-state index in [2.05, 4.69) is 20.6 Å². The number of fused-ring (bicyclic) bond motifs is 1. The Morgan fingerprint density at radius 2 is 1.82 bits per heavy atom. The lowest BCUT2D eigenvalue weighted by Crippen LogP contribution is -2.36. The van der Waals surface area contributed by atoms with E-state index in [-0.39, 0.29) is 35.0 Å². The summed E-state index contributed by atoms with van der Waals surface area (Å²) in [6.07, 6.45) is 2.87. The number of carbonyl (C=O) groups excluding carboxylic acids is 1. The Bertz CT molecular complexity index is 1170. The Morgan fingerprint density at radius 3 is 2.55 bits per heavy atom. The third kappa shape index (κ3) is 5.16. The number of nitrogens with one attached hydrogen (secondary N) is 2. The van der Waals surface area contributed by atoms with Crippen LogP contribution in [0.2, 0.25) is 5.02 Å². The summed E-state index contributed by atoms with van der Waals surface area (Å²) in [5, 5.41) is 6.89. The second-order valence-electron chi connectivity index (χ2n) is 8.51. The summed E-state index contributed by atoms with van der Waals surface area (Å²) in [5.74, 6) is -0.559. The van der Waals surface area contributed by atoms with Gasteiger partial charge in [-0.15, -0.1) is 0 Å². The molecule has 0 atom stereocenters. The minimum absolute atomic E-state index is 0.146. The first-order chi connectivity index (χ1) is 15.8. The lowest BCUT2D eigenvalue weighted by atomic mass is 9.85. The molecular formula is C24H26ClF2N5O. The molecule has 1 heterocycles. The molecule has 1 fully saturated rings. The molecule has 2 N–H and O–H groups in total. The van der Waals surface area contributed by atoms with Crippen LogP contribution in [-0.4, -0.2) is 36.0 Å². The minimum atomic E-state index is -0.836. The van der Waals surface area contributed by atoms with Crippen LogP contribution in [0, 0.1) is 17.6 Å². The highest BCUT2D eigenvalue weighted by Crippen LogP contribution is 2.29. The summed E-state index contributed by atoms with van der Waals surface area (Å²) < 4.78 is 27.9. The molecule has 6 nitrogen and oxygen atoms in total. The number of nitrogens with zero attached hydrogens (tertiary/aromatic N) is 3. The fourth-order valence-corrected chi connectivity index (χ4v) is 4.38. The highest BCUT2D eigenvalue weighted by molar-refractivity contribution is 6.30. The molecule has 33 heavy (non-hydrogen) atoms. The average Bonchev–Trinajstić information content (AvgIpc) is 2.81. The van der Waals surface area contributed by atoms with Crippen LogP contribution >= 0.6 is 11.6 Å². The molecule has 1 amide bonds. The summed E-state index contributed by atoms with van der Waals surface area (Å²) in [4.78, 5) is 23.9. The van der Waals surface area contributed by atoms with Crippen molar-refractivity contribution in [1.29, 1.82) is 0 Å². The van der Waals surface area contributed by atoms with Gasteiger partial charge in [-0.25, -0.2) is 13.8 Å². The Balaban J connectivity index is 1.35. The number of hydrogen-bond donors (Lipinski definition) is 2. The van der Waals surface area contributed by atoms with Crippen LogP contribution in [0.5, 0.6) is 0 Å². The highest BCUT2D eigenvalue weighted by Gasteiger charge is 2.27. The first-order valence-corrected chi connectivity index (χ1v) is 11.3. The Labute approximate surface area is 196 Å². The van der Waals surface area contributed by atoms with Gasteiger partial charge in [-0.3, -0.25) is 4.79 Å². The number of rotatable bonds is 6. The van der Waals surface area contributed by atoms with Crippen LogP contribution in [0.1, 0.15) is 31.2 Å². The number of para-hydroxylation sites is 1. The molecule has 1 saturated carbocycles. The van der Waals surface area contributed by atoms with Crippen LogP contribution in [0.3, 0.4) is 0 Å². The quantitative estimate of drug-likeness (QED) is 0.497. The van der Waals surface area contributed by atoms with Gasteiger partial charge in [0.05, 0.1) is 10.5 Å². The second-order valence-corrected chi connectivity index (χ2v) is 8.92. The number of aromatic nitrogens is 2. The molecule has 0 bridgehead atoms.